The lowest BCUT2D eigenvalue weighted by Gasteiger charge is -2.33. The van der Waals surface area contributed by atoms with Crippen LogP contribution >= 0.6 is 0 Å². The number of rotatable bonds is 4. The predicted octanol–water partition coefficient (Wildman–Crippen LogP) is 2.46. The summed E-state index contributed by atoms with van der Waals surface area (Å²) in [6.45, 7) is 4.07. The summed E-state index contributed by atoms with van der Waals surface area (Å²) in [6, 6.07) is 6.43. The van der Waals surface area contributed by atoms with Gasteiger partial charge in [-0.1, -0.05) is 6.92 Å². The van der Waals surface area contributed by atoms with Crippen molar-refractivity contribution in [2.75, 3.05) is 23.3 Å². The second kappa shape index (κ2) is 6.96. The molecule has 0 spiro atoms. The fourth-order valence-corrected chi connectivity index (χ4v) is 3.15. The summed E-state index contributed by atoms with van der Waals surface area (Å²) < 4.78 is 0. The summed E-state index contributed by atoms with van der Waals surface area (Å²) in [6.07, 6.45) is 8.05. The maximum Gasteiger partial charge on any atom is 0.180 e. The summed E-state index contributed by atoms with van der Waals surface area (Å²) in [5.41, 5.74) is 2.59. The third-order valence-electron chi connectivity index (χ3n) is 4.57. The number of hydrogen-bond donors (Lipinski definition) is 1. The Bertz CT molecular complexity index is 859. The van der Waals surface area contributed by atoms with Crippen molar-refractivity contribution >= 4 is 22.8 Å². The van der Waals surface area contributed by atoms with E-state index in [1.807, 2.05) is 12.1 Å². The van der Waals surface area contributed by atoms with Crippen LogP contribution in [-0.2, 0) is 6.42 Å². The molecule has 25 heavy (non-hydrogen) atoms. The van der Waals surface area contributed by atoms with Crippen LogP contribution in [0.5, 0.6) is 0 Å². The zero-order chi connectivity index (χ0) is 17.1. The van der Waals surface area contributed by atoms with Crippen LogP contribution in [0.1, 0.15) is 25.5 Å². The molecule has 7 nitrogen and oxygen atoms in total. The molecule has 1 saturated heterocycles. The van der Waals surface area contributed by atoms with Gasteiger partial charge in [0.15, 0.2) is 5.65 Å². The Morgan fingerprint density at radius 2 is 1.92 bits per heavy atom. The second-order valence-corrected chi connectivity index (χ2v) is 6.22. The van der Waals surface area contributed by atoms with Gasteiger partial charge in [-0.15, -0.1) is 0 Å². The predicted molar refractivity (Wildman–Crippen MR) is 97.6 cm³/mol. The Hall–Kier alpha value is -2.83. The van der Waals surface area contributed by atoms with E-state index in [2.05, 4.69) is 48.1 Å². The van der Waals surface area contributed by atoms with Crippen molar-refractivity contribution in [2.45, 2.75) is 32.2 Å². The number of aromatic nitrogens is 5. The minimum Gasteiger partial charge on any atom is -0.367 e. The van der Waals surface area contributed by atoms with E-state index in [4.69, 9.17) is 0 Å². The maximum absolute atomic E-state index is 4.55. The quantitative estimate of drug-likeness (QED) is 0.784. The van der Waals surface area contributed by atoms with Gasteiger partial charge in [0.2, 0.25) is 0 Å². The van der Waals surface area contributed by atoms with Crippen molar-refractivity contribution in [1.82, 2.24) is 24.9 Å². The molecule has 7 heteroatoms. The molecule has 0 aromatic carbocycles. The molecule has 1 fully saturated rings. The molecule has 0 bridgehead atoms. The average Bonchev–Trinajstić information content (AvgIpc) is 2.68. The SMILES string of the molecule is CCc1cc(N2CCC(Nc3ccc4nccnc4n3)CC2)ncn1. The standard InChI is InChI=1S/C18H21N7/c1-2-13-11-17(22-12-21-13)25-9-5-14(6-10-25)23-16-4-3-15-18(24-16)20-8-7-19-15/h3-4,7-8,11-12,14H,2,5-6,9-10H2,1H3,(H,20,23,24). The molecule has 1 N–H and O–H groups in total. The Kier molecular flexibility index (Phi) is 4.37. The zero-order valence-electron chi connectivity index (χ0n) is 14.3. The van der Waals surface area contributed by atoms with E-state index >= 15 is 0 Å². The number of nitrogens with zero attached hydrogens (tertiary/aromatic N) is 6. The van der Waals surface area contributed by atoms with Crippen LogP contribution in [0.4, 0.5) is 11.6 Å². The van der Waals surface area contributed by atoms with Crippen LogP contribution in [-0.4, -0.2) is 44.1 Å². The lowest BCUT2D eigenvalue weighted by Crippen LogP contribution is -2.39. The number of piperidine rings is 1. The van der Waals surface area contributed by atoms with E-state index in [0.29, 0.717) is 11.7 Å². The fraction of sp³-hybridized carbons (Fsp3) is 0.389. The van der Waals surface area contributed by atoms with E-state index in [-0.39, 0.29) is 0 Å². The van der Waals surface area contributed by atoms with Gasteiger partial charge in [0.25, 0.3) is 0 Å². The molecule has 4 rings (SSSR count). The molecule has 0 amide bonds. The van der Waals surface area contributed by atoms with Crippen molar-refractivity contribution < 1.29 is 0 Å². The zero-order valence-corrected chi connectivity index (χ0v) is 14.3. The molecule has 0 saturated carbocycles. The van der Waals surface area contributed by atoms with Gasteiger partial charge >= 0.3 is 0 Å². The number of pyridine rings is 1. The highest BCUT2D eigenvalue weighted by molar-refractivity contribution is 5.71. The van der Waals surface area contributed by atoms with Gasteiger partial charge < -0.3 is 10.2 Å². The minimum absolute atomic E-state index is 0.408. The number of hydrogen-bond acceptors (Lipinski definition) is 7. The molecule has 1 aliphatic rings. The first-order valence-electron chi connectivity index (χ1n) is 8.72. The topological polar surface area (TPSA) is 79.7 Å². The van der Waals surface area contributed by atoms with Gasteiger partial charge in [-0.3, -0.25) is 4.98 Å². The molecule has 4 heterocycles. The van der Waals surface area contributed by atoms with Crippen LogP contribution in [0.15, 0.2) is 36.9 Å². The summed E-state index contributed by atoms with van der Waals surface area (Å²) in [5.74, 6) is 1.89. The van der Waals surface area contributed by atoms with E-state index in [1.54, 1.807) is 18.7 Å². The number of aryl methyl sites for hydroxylation is 1. The highest BCUT2D eigenvalue weighted by atomic mass is 15.2. The highest BCUT2D eigenvalue weighted by Crippen LogP contribution is 2.21. The number of fused-ring (bicyclic) bond motifs is 1. The van der Waals surface area contributed by atoms with Crippen molar-refractivity contribution in [3.05, 3.63) is 42.6 Å². The lowest BCUT2D eigenvalue weighted by atomic mass is 10.0. The Morgan fingerprint density at radius 1 is 1.08 bits per heavy atom. The third kappa shape index (κ3) is 3.50. The first-order chi connectivity index (χ1) is 12.3. The summed E-state index contributed by atoms with van der Waals surface area (Å²) in [7, 11) is 0. The molecule has 128 valence electrons. The van der Waals surface area contributed by atoms with Gasteiger partial charge in [0.1, 0.15) is 23.5 Å². The Morgan fingerprint density at radius 3 is 2.76 bits per heavy atom. The summed E-state index contributed by atoms with van der Waals surface area (Å²) >= 11 is 0. The van der Waals surface area contributed by atoms with E-state index in [9.17, 15) is 0 Å². The molecule has 3 aromatic heterocycles. The molecule has 1 aliphatic heterocycles. The first-order valence-corrected chi connectivity index (χ1v) is 8.72. The Balaban J connectivity index is 1.39. The average molecular weight is 335 g/mol. The van der Waals surface area contributed by atoms with Crippen LogP contribution in [0, 0.1) is 0 Å². The lowest BCUT2D eigenvalue weighted by molar-refractivity contribution is 0.522. The fourth-order valence-electron chi connectivity index (χ4n) is 3.15. The van der Waals surface area contributed by atoms with Crippen molar-refractivity contribution in [3.8, 4) is 0 Å². The van der Waals surface area contributed by atoms with Gasteiger partial charge in [0, 0.05) is 43.3 Å². The highest BCUT2D eigenvalue weighted by Gasteiger charge is 2.20. The van der Waals surface area contributed by atoms with Gasteiger partial charge in [0.05, 0.1) is 0 Å². The van der Waals surface area contributed by atoms with E-state index in [0.717, 1.165) is 55.2 Å². The van der Waals surface area contributed by atoms with Crippen LogP contribution < -0.4 is 10.2 Å². The monoisotopic (exact) mass is 335 g/mol. The van der Waals surface area contributed by atoms with Gasteiger partial charge in [-0.2, -0.15) is 0 Å². The van der Waals surface area contributed by atoms with Crippen LogP contribution in [0.2, 0.25) is 0 Å². The second-order valence-electron chi connectivity index (χ2n) is 6.22. The van der Waals surface area contributed by atoms with Crippen molar-refractivity contribution in [1.29, 1.82) is 0 Å². The molecule has 0 aliphatic carbocycles. The minimum atomic E-state index is 0.408. The summed E-state index contributed by atoms with van der Waals surface area (Å²) in [4.78, 5) is 24.1. The largest absolute Gasteiger partial charge is 0.367 e. The van der Waals surface area contributed by atoms with Crippen molar-refractivity contribution in [2.24, 2.45) is 0 Å². The Labute approximate surface area is 146 Å². The molecule has 0 unspecified atom stereocenters. The summed E-state index contributed by atoms with van der Waals surface area (Å²) in [5, 5.41) is 3.53. The molecular weight excluding hydrogens is 314 g/mol. The van der Waals surface area contributed by atoms with Crippen LogP contribution in [0.3, 0.4) is 0 Å². The number of anilines is 2. The van der Waals surface area contributed by atoms with Crippen LogP contribution in [0.25, 0.3) is 11.2 Å². The van der Waals surface area contributed by atoms with E-state index in [1.165, 1.54) is 0 Å². The van der Waals surface area contributed by atoms with E-state index < -0.39 is 0 Å². The molecule has 3 aromatic rings. The van der Waals surface area contributed by atoms with Gasteiger partial charge in [-0.25, -0.2) is 19.9 Å². The number of nitrogens with one attached hydrogen (secondary N) is 1. The smallest absolute Gasteiger partial charge is 0.180 e. The normalized spacial score (nSPS) is 15.5. The van der Waals surface area contributed by atoms with Gasteiger partial charge in [-0.05, 0) is 31.4 Å². The molecule has 0 radical (unpaired) electrons. The third-order valence-corrected chi connectivity index (χ3v) is 4.57. The first kappa shape index (κ1) is 15.7. The van der Waals surface area contributed by atoms with Crippen molar-refractivity contribution in [3.63, 3.8) is 0 Å². The molecular formula is C18H21N7. The maximum atomic E-state index is 4.55. The molecule has 0 atom stereocenters.